The van der Waals surface area contributed by atoms with E-state index in [4.69, 9.17) is 15.3 Å². The molecule has 0 aromatic rings. The summed E-state index contributed by atoms with van der Waals surface area (Å²) in [4.78, 5) is 0. The summed E-state index contributed by atoms with van der Waals surface area (Å²) in [5.74, 6) is 0. The Hall–Kier alpha value is -0.370. The Morgan fingerprint density at radius 2 is 0.737 bits per heavy atom. The molecule has 238 valence electrons. The van der Waals surface area contributed by atoms with Crippen molar-refractivity contribution in [3.05, 3.63) is 0 Å². The average molecular weight is 563 g/mol. The molecule has 0 heterocycles. The third-order valence-corrected chi connectivity index (χ3v) is 4.26. The Morgan fingerprint density at radius 3 is 0.763 bits per heavy atom. The second-order valence-corrected chi connectivity index (χ2v) is 16.3. The lowest BCUT2D eigenvalue weighted by molar-refractivity contribution is -0.261. The van der Waals surface area contributed by atoms with Crippen molar-refractivity contribution < 1.29 is 33.6 Å². The fraction of sp³-hybridized carbons (Fsp3) is 1.00. The molecule has 3 atom stereocenters. The standard InChI is InChI=1S/C8H15F3O.C8H18O.2C7H16O.CH4/c1-6(2,3)5-7(4,12)8(9,10)11;1-7(2,3)6-8(4,5)9;2*1-6(8)5-7(2,3)4;/h12H,5H2,1-4H3;9H,6H2,1-5H3;2*6,8H,5H2,1-4H3;1H4/t;;2*6-;/m..10./s1. The monoisotopic (exact) mass is 563 g/mol. The summed E-state index contributed by atoms with van der Waals surface area (Å²) >= 11 is 0. The van der Waals surface area contributed by atoms with E-state index in [2.05, 4.69) is 62.3 Å². The maximum absolute atomic E-state index is 12.1. The molecule has 0 fully saturated rings. The van der Waals surface area contributed by atoms with Crippen molar-refractivity contribution in [2.75, 3.05) is 0 Å². The first kappa shape index (κ1) is 47.4. The highest BCUT2D eigenvalue weighted by Crippen LogP contribution is 2.38. The molecule has 1 unspecified atom stereocenters. The van der Waals surface area contributed by atoms with E-state index in [1.54, 1.807) is 20.8 Å². The van der Waals surface area contributed by atoms with Crippen molar-refractivity contribution in [1.29, 1.82) is 0 Å². The van der Waals surface area contributed by atoms with Crippen LogP contribution >= 0.6 is 0 Å². The smallest absolute Gasteiger partial charge is 0.393 e. The lowest BCUT2D eigenvalue weighted by Gasteiger charge is -2.32. The number of aliphatic hydroxyl groups is 4. The quantitative estimate of drug-likeness (QED) is 0.275. The third-order valence-electron chi connectivity index (χ3n) is 4.26. The van der Waals surface area contributed by atoms with Gasteiger partial charge < -0.3 is 20.4 Å². The molecule has 38 heavy (non-hydrogen) atoms. The van der Waals surface area contributed by atoms with E-state index < -0.39 is 22.8 Å². The number of halogens is 3. The second-order valence-electron chi connectivity index (χ2n) is 16.3. The van der Waals surface area contributed by atoms with Crippen LogP contribution in [0.5, 0.6) is 0 Å². The number of rotatable bonds is 4. The molecule has 0 amide bonds. The molecule has 0 radical (unpaired) electrons. The normalized spacial score (nSPS) is 16.1. The summed E-state index contributed by atoms with van der Waals surface area (Å²) in [5, 5.41) is 36.2. The highest BCUT2D eigenvalue weighted by molar-refractivity contribution is 4.86. The minimum atomic E-state index is -4.54. The molecule has 0 aromatic heterocycles. The van der Waals surface area contributed by atoms with Gasteiger partial charge in [0.1, 0.15) is 0 Å². The van der Waals surface area contributed by atoms with Gasteiger partial charge in [-0.15, -0.1) is 0 Å². The Labute approximate surface area is 235 Å². The maximum atomic E-state index is 12.1. The lowest BCUT2D eigenvalue weighted by atomic mass is 9.82. The van der Waals surface area contributed by atoms with Crippen LogP contribution in [0.4, 0.5) is 13.2 Å². The van der Waals surface area contributed by atoms with Gasteiger partial charge in [0.2, 0.25) is 0 Å². The molecule has 0 aliphatic rings. The van der Waals surface area contributed by atoms with Gasteiger partial charge >= 0.3 is 6.18 Å². The first-order valence-electron chi connectivity index (χ1n) is 13.4. The highest BCUT2D eigenvalue weighted by Gasteiger charge is 2.51. The molecule has 0 saturated heterocycles. The molecular weight excluding hydrogens is 493 g/mol. The molecule has 0 saturated carbocycles. The summed E-state index contributed by atoms with van der Waals surface area (Å²) in [6.07, 6.45) is -2.53. The summed E-state index contributed by atoms with van der Waals surface area (Å²) in [6.45, 7) is 32.3. The zero-order valence-electron chi connectivity index (χ0n) is 27.4. The van der Waals surface area contributed by atoms with Gasteiger partial charge in [0.15, 0.2) is 5.60 Å². The molecule has 4 nitrogen and oxygen atoms in total. The zero-order valence-corrected chi connectivity index (χ0v) is 27.4. The average Bonchev–Trinajstić information content (AvgIpc) is 2.34. The Bertz CT molecular complexity index is 529. The summed E-state index contributed by atoms with van der Waals surface area (Å²) in [5.41, 5.74) is -2.84. The fourth-order valence-corrected chi connectivity index (χ4v) is 4.20. The molecule has 0 rings (SSSR count). The topological polar surface area (TPSA) is 80.9 Å². The first-order chi connectivity index (χ1) is 15.5. The van der Waals surface area contributed by atoms with Crippen molar-refractivity contribution in [3.8, 4) is 0 Å². The van der Waals surface area contributed by atoms with Crippen LogP contribution in [-0.2, 0) is 0 Å². The number of hydrogen-bond acceptors (Lipinski definition) is 4. The largest absolute Gasteiger partial charge is 0.416 e. The van der Waals surface area contributed by atoms with E-state index in [0.717, 1.165) is 26.2 Å². The molecule has 4 N–H and O–H groups in total. The van der Waals surface area contributed by atoms with Crippen LogP contribution in [0.2, 0.25) is 0 Å². The lowest BCUT2D eigenvalue weighted by Crippen LogP contribution is -2.44. The molecular formula is C31H69F3O4. The van der Waals surface area contributed by atoms with Crippen molar-refractivity contribution >= 4 is 0 Å². The third kappa shape index (κ3) is 45.5. The van der Waals surface area contributed by atoms with Crippen LogP contribution in [0.3, 0.4) is 0 Å². The predicted octanol–water partition coefficient (Wildman–Crippen LogP) is 9.17. The van der Waals surface area contributed by atoms with Crippen molar-refractivity contribution in [3.63, 3.8) is 0 Å². The Kier molecular flexibility index (Phi) is 21.8. The highest BCUT2D eigenvalue weighted by atomic mass is 19.4. The van der Waals surface area contributed by atoms with Crippen molar-refractivity contribution in [1.82, 2.24) is 0 Å². The van der Waals surface area contributed by atoms with Gasteiger partial charge in [-0.05, 0) is 82.0 Å². The number of hydrogen-bond donors (Lipinski definition) is 4. The van der Waals surface area contributed by atoms with Crippen LogP contribution in [0, 0.1) is 21.7 Å². The van der Waals surface area contributed by atoms with E-state index >= 15 is 0 Å². The van der Waals surface area contributed by atoms with E-state index in [0.29, 0.717) is 0 Å². The Morgan fingerprint density at radius 1 is 0.500 bits per heavy atom. The summed E-state index contributed by atoms with van der Waals surface area (Å²) in [6, 6.07) is 0. The van der Waals surface area contributed by atoms with Gasteiger partial charge in [-0.2, -0.15) is 13.2 Å². The minimum absolute atomic E-state index is 0. The zero-order chi connectivity index (χ0) is 31.5. The predicted molar refractivity (Wildman–Crippen MR) is 159 cm³/mol. The molecule has 0 aliphatic heterocycles. The van der Waals surface area contributed by atoms with Gasteiger partial charge in [-0.1, -0.05) is 90.5 Å². The molecule has 0 aliphatic carbocycles. The van der Waals surface area contributed by atoms with Gasteiger partial charge in [0.05, 0.1) is 17.8 Å². The van der Waals surface area contributed by atoms with Gasteiger partial charge in [-0.3, -0.25) is 0 Å². The van der Waals surface area contributed by atoms with E-state index in [1.165, 1.54) is 0 Å². The Balaban J connectivity index is -0.000000128. The first-order valence-corrected chi connectivity index (χ1v) is 13.4. The SMILES string of the molecule is C.CC(C)(C)CC(C)(C)O.CC(C)(C)CC(C)(O)C(F)(F)F.C[C@@H](O)CC(C)(C)C.C[C@H](O)CC(C)(C)C. The summed E-state index contributed by atoms with van der Waals surface area (Å²) in [7, 11) is 0. The second kappa shape index (κ2) is 17.4. The van der Waals surface area contributed by atoms with Gasteiger partial charge in [0.25, 0.3) is 0 Å². The van der Waals surface area contributed by atoms with E-state index in [9.17, 15) is 18.3 Å². The van der Waals surface area contributed by atoms with Crippen LogP contribution in [0.1, 0.15) is 151 Å². The number of aliphatic hydroxyl groups excluding tert-OH is 2. The maximum Gasteiger partial charge on any atom is 0.416 e. The van der Waals surface area contributed by atoms with Crippen molar-refractivity contribution in [2.45, 2.75) is 180 Å². The number of alkyl halides is 3. The fourth-order valence-electron chi connectivity index (χ4n) is 4.20. The van der Waals surface area contributed by atoms with E-state index in [-0.39, 0.29) is 42.3 Å². The minimum Gasteiger partial charge on any atom is -0.393 e. The van der Waals surface area contributed by atoms with Crippen LogP contribution in [-0.4, -0.2) is 50.0 Å². The summed E-state index contributed by atoms with van der Waals surface area (Å²) < 4.78 is 36.3. The van der Waals surface area contributed by atoms with Crippen LogP contribution in [0.25, 0.3) is 0 Å². The molecule has 7 heteroatoms. The van der Waals surface area contributed by atoms with Gasteiger partial charge in [-0.25, -0.2) is 0 Å². The van der Waals surface area contributed by atoms with Gasteiger partial charge in [0, 0.05) is 0 Å². The molecule has 0 aromatic carbocycles. The van der Waals surface area contributed by atoms with Crippen molar-refractivity contribution in [2.24, 2.45) is 21.7 Å². The molecule has 0 spiro atoms. The van der Waals surface area contributed by atoms with E-state index in [1.807, 2.05) is 27.7 Å². The van der Waals surface area contributed by atoms with Crippen LogP contribution < -0.4 is 0 Å². The molecule has 0 bridgehead atoms. The van der Waals surface area contributed by atoms with Crippen LogP contribution in [0.15, 0.2) is 0 Å².